The van der Waals surface area contributed by atoms with Crippen LogP contribution in [0.5, 0.6) is 0 Å². The zero-order valence-electron chi connectivity index (χ0n) is 12.5. The Kier molecular flexibility index (Phi) is 11.7. The Morgan fingerprint density at radius 1 is 1.05 bits per heavy atom. The van der Waals surface area contributed by atoms with Gasteiger partial charge in [0.05, 0.1) is 32.6 Å². The normalized spacial score (nSPS) is 11.9. The van der Waals surface area contributed by atoms with E-state index in [0.29, 0.717) is 32.8 Å². The van der Waals surface area contributed by atoms with E-state index in [4.69, 9.17) is 18.5 Å². The molecule has 118 valence electrons. The Hall–Kier alpha value is -0.680. The van der Waals surface area contributed by atoms with Gasteiger partial charge in [0.15, 0.2) is 0 Å². The molecule has 6 nitrogen and oxygen atoms in total. The molecule has 0 atom stereocenters. The number of esters is 1. The van der Waals surface area contributed by atoms with Gasteiger partial charge in [-0.25, -0.2) is 4.79 Å². The molecule has 0 aliphatic carbocycles. The molecule has 7 heteroatoms. The Morgan fingerprint density at radius 3 is 2.25 bits per heavy atom. The standard InChI is InChI=1S/C13H25O6P/c1-4-17-13(14)12-16-10-8-7-9-11-20(15,18-5-2)19-6-3/h7,9H,4-6,8,10-12H2,1-3H3/b9-7+. The van der Waals surface area contributed by atoms with E-state index in [1.54, 1.807) is 26.8 Å². The van der Waals surface area contributed by atoms with Crippen molar-refractivity contribution in [1.82, 2.24) is 0 Å². The fourth-order valence-corrected chi connectivity index (χ4v) is 2.85. The van der Waals surface area contributed by atoms with Crippen molar-refractivity contribution in [3.05, 3.63) is 12.2 Å². The van der Waals surface area contributed by atoms with Crippen molar-refractivity contribution in [3.63, 3.8) is 0 Å². The van der Waals surface area contributed by atoms with Gasteiger partial charge in [-0.15, -0.1) is 0 Å². The lowest BCUT2D eigenvalue weighted by atomic mass is 10.4. The van der Waals surface area contributed by atoms with Gasteiger partial charge in [-0.1, -0.05) is 12.2 Å². The molecule has 0 aromatic rings. The monoisotopic (exact) mass is 308 g/mol. The summed E-state index contributed by atoms with van der Waals surface area (Å²) in [7, 11) is -3.00. The summed E-state index contributed by atoms with van der Waals surface area (Å²) in [6, 6.07) is 0. The molecule has 0 saturated heterocycles. The maximum atomic E-state index is 12.1. The average Bonchev–Trinajstić information content (AvgIpc) is 2.38. The summed E-state index contributed by atoms with van der Waals surface area (Å²) in [5, 5.41) is 0. The van der Waals surface area contributed by atoms with Crippen LogP contribution in [-0.2, 0) is 27.9 Å². The summed E-state index contributed by atoms with van der Waals surface area (Å²) >= 11 is 0. The number of rotatable bonds is 12. The van der Waals surface area contributed by atoms with Crippen molar-refractivity contribution in [1.29, 1.82) is 0 Å². The highest BCUT2D eigenvalue weighted by Crippen LogP contribution is 2.47. The number of allylic oxidation sites excluding steroid dienone is 1. The van der Waals surface area contributed by atoms with E-state index in [9.17, 15) is 9.36 Å². The number of hydrogen-bond donors (Lipinski definition) is 0. The van der Waals surface area contributed by atoms with E-state index in [1.807, 2.05) is 6.08 Å². The van der Waals surface area contributed by atoms with Crippen LogP contribution in [0.25, 0.3) is 0 Å². The minimum atomic E-state index is -3.00. The van der Waals surface area contributed by atoms with Crippen LogP contribution in [0.2, 0.25) is 0 Å². The summed E-state index contributed by atoms with van der Waals surface area (Å²) in [6.45, 7) is 6.72. The largest absolute Gasteiger partial charge is 0.464 e. The molecule has 0 saturated carbocycles. The first-order chi connectivity index (χ1) is 9.58. The Morgan fingerprint density at radius 2 is 1.70 bits per heavy atom. The minimum absolute atomic E-state index is 0.0436. The average molecular weight is 308 g/mol. The van der Waals surface area contributed by atoms with Gasteiger partial charge in [0.1, 0.15) is 6.61 Å². The van der Waals surface area contributed by atoms with Gasteiger partial charge in [-0.3, -0.25) is 4.57 Å². The topological polar surface area (TPSA) is 71.1 Å². The van der Waals surface area contributed by atoms with E-state index in [0.717, 1.165) is 0 Å². The van der Waals surface area contributed by atoms with Crippen molar-refractivity contribution >= 4 is 13.6 Å². The van der Waals surface area contributed by atoms with Gasteiger partial charge >= 0.3 is 13.6 Å². The van der Waals surface area contributed by atoms with Gasteiger partial charge in [0, 0.05) is 0 Å². The lowest BCUT2D eigenvalue weighted by Crippen LogP contribution is -2.12. The lowest BCUT2D eigenvalue weighted by molar-refractivity contribution is -0.148. The Balaban J connectivity index is 3.79. The predicted octanol–water partition coefficient (Wildman–Crippen LogP) is 2.78. The molecular formula is C13H25O6P. The fourth-order valence-electron chi connectivity index (χ4n) is 1.37. The molecule has 0 aliphatic rings. The number of ether oxygens (including phenoxy) is 2. The molecule has 0 spiro atoms. The van der Waals surface area contributed by atoms with Crippen molar-refractivity contribution in [3.8, 4) is 0 Å². The van der Waals surface area contributed by atoms with Crippen LogP contribution in [0.3, 0.4) is 0 Å². The van der Waals surface area contributed by atoms with Gasteiger partial charge in [-0.2, -0.15) is 0 Å². The third-order valence-corrected chi connectivity index (χ3v) is 4.06. The number of carbonyl (C=O) groups excluding carboxylic acids is 1. The SMILES string of the molecule is CCOC(=O)COCC/C=C/CP(=O)(OCC)OCC. The molecule has 0 heterocycles. The number of carbonyl (C=O) groups is 1. The van der Waals surface area contributed by atoms with Crippen LogP contribution in [0.4, 0.5) is 0 Å². The van der Waals surface area contributed by atoms with E-state index in [-0.39, 0.29) is 18.7 Å². The van der Waals surface area contributed by atoms with Gasteiger partial charge in [-0.05, 0) is 27.2 Å². The molecule has 0 aromatic carbocycles. The highest BCUT2D eigenvalue weighted by Gasteiger charge is 2.20. The zero-order chi connectivity index (χ0) is 15.3. The fraction of sp³-hybridized carbons (Fsp3) is 0.769. The molecule has 0 aromatic heterocycles. The Bertz CT molecular complexity index is 319. The van der Waals surface area contributed by atoms with E-state index in [2.05, 4.69) is 0 Å². The predicted molar refractivity (Wildman–Crippen MR) is 76.9 cm³/mol. The summed E-state index contributed by atoms with van der Waals surface area (Å²) in [6.07, 6.45) is 4.44. The maximum Gasteiger partial charge on any atom is 0.334 e. The summed E-state index contributed by atoms with van der Waals surface area (Å²) in [5.41, 5.74) is 0. The first kappa shape index (κ1) is 19.3. The molecule has 0 bridgehead atoms. The summed E-state index contributed by atoms with van der Waals surface area (Å²) < 4.78 is 32.2. The van der Waals surface area contributed by atoms with Crippen molar-refractivity contribution in [2.24, 2.45) is 0 Å². The van der Waals surface area contributed by atoms with E-state index >= 15 is 0 Å². The summed E-state index contributed by atoms with van der Waals surface area (Å²) in [5.74, 6) is -0.367. The van der Waals surface area contributed by atoms with Crippen molar-refractivity contribution in [2.45, 2.75) is 27.2 Å². The highest BCUT2D eigenvalue weighted by atomic mass is 31.2. The third-order valence-electron chi connectivity index (χ3n) is 2.10. The second-order valence-electron chi connectivity index (χ2n) is 3.75. The van der Waals surface area contributed by atoms with Crippen LogP contribution < -0.4 is 0 Å². The third kappa shape index (κ3) is 10.1. The first-order valence-corrected chi connectivity index (χ1v) is 8.57. The molecule has 0 amide bonds. The number of hydrogen-bond acceptors (Lipinski definition) is 6. The van der Waals surface area contributed by atoms with E-state index in [1.165, 1.54) is 0 Å². The van der Waals surface area contributed by atoms with Crippen LogP contribution >= 0.6 is 7.60 Å². The van der Waals surface area contributed by atoms with Gasteiger partial charge < -0.3 is 18.5 Å². The molecule has 0 aliphatic heterocycles. The molecular weight excluding hydrogens is 283 g/mol. The molecule has 0 unspecified atom stereocenters. The second kappa shape index (κ2) is 12.1. The second-order valence-corrected chi connectivity index (χ2v) is 5.85. The maximum absolute atomic E-state index is 12.1. The van der Waals surface area contributed by atoms with E-state index < -0.39 is 7.60 Å². The lowest BCUT2D eigenvalue weighted by Gasteiger charge is -2.14. The van der Waals surface area contributed by atoms with Gasteiger partial charge in [0.2, 0.25) is 0 Å². The zero-order valence-corrected chi connectivity index (χ0v) is 13.4. The van der Waals surface area contributed by atoms with Crippen molar-refractivity contribution < 1.29 is 27.9 Å². The van der Waals surface area contributed by atoms with Crippen molar-refractivity contribution in [2.75, 3.05) is 39.2 Å². The van der Waals surface area contributed by atoms with Crippen LogP contribution in [-0.4, -0.2) is 45.2 Å². The summed E-state index contributed by atoms with van der Waals surface area (Å²) in [4.78, 5) is 11.0. The molecule has 0 rings (SSSR count). The minimum Gasteiger partial charge on any atom is -0.464 e. The highest BCUT2D eigenvalue weighted by molar-refractivity contribution is 7.54. The van der Waals surface area contributed by atoms with Crippen LogP contribution in [0.15, 0.2) is 12.2 Å². The van der Waals surface area contributed by atoms with Crippen LogP contribution in [0, 0.1) is 0 Å². The molecule has 0 fully saturated rings. The smallest absolute Gasteiger partial charge is 0.334 e. The Labute approximate surface area is 121 Å². The molecule has 20 heavy (non-hydrogen) atoms. The van der Waals surface area contributed by atoms with Crippen LogP contribution in [0.1, 0.15) is 27.2 Å². The molecule has 0 radical (unpaired) electrons. The molecule has 0 N–H and O–H groups in total. The quantitative estimate of drug-likeness (QED) is 0.239. The van der Waals surface area contributed by atoms with Gasteiger partial charge in [0.25, 0.3) is 0 Å². The first-order valence-electron chi connectivity index (χ1n) is 6.84.